The molecular weight excluding hydrogens is 255 g/mol. The van der Waals surface area contributed by atoms with Crippen molar-refractivity contribution >= 4 is 11.8 Å². The quantitative estimate of drug-likeness (QED) is 0.872. The van der Waals surface area contributed by atoms with Gasteiger partial charge >= 0.3 is 5.69 Å². The van der Waals surface area contributed by atoms with Crippen molar-refractivity contribution in [2.45, 2.75) is 16.6 Å². The maximum Gasteiger partial charge on any atom is 0.343 e. The summed E-state index contributed by atoms with van der Waals surface area (Å²) >= 11 is 1.13. The maximum absolute atomic E-state index is 13.8. The lowest BCUT2D eigenvalue weighted by Crippen LogP contribution is -2.13. The fourth-order valence-corrected chi connectivity index (χ4v) is 2.44. The summed E-state index contributed by atoms with van der Waals surface area (Å²) in [5, 5.41) is 9.59. The van der Waals surface area contributed by atoms with Crippen LogP contribution in [0, 0.1) is 5.82 Å². The summed E-state index contributed by atoms with van der Waals surface area (Å²) in [4.78, 5) is 11.7. The van der Waals surface area contributed by atoms with Gasteiger partial charge in [0.15, 0.2) is 5.16 Å². The predicted octanol–water partition coefficient (Wildman–Crippen LogP) is 1.12. The number of hydrogen-bond donors (Lipinski definition) is 2. The lowest BCUT2D eigenvalue weighted by molar-refractivity contribution is 0.593. The molecule has 0 saturated carbocycles. The van der Waals surface area contributed by atoms with Crippen LogP contribution in [0.4, 0.5) is 4.39 Å². The predicted molar refractivity (Wildman–Crippen MR) is 67.1 cm³/mol. The number of rotatable bonds is 4. The molecule has 2 aromatic rings. The van der Waals surface area contributed by atoms with E-state index in [2.05, 4.69) is 15.5 Å². The van der Waals surface area contributed by atoms with Crippen LogP contribution >= 0.6 is 11.8 Å². The second kappa shape index (κ2) is 5.36. The first-order chi connectivity index (χ1) is 8.63. The molecule has 0 atom stereocenters. The van der Waals surface area contributed by atoms with E-state index in [4.69, 9.17) is 0 Å². The van der Waals surface area contributed by atoms with Crippen molar-refractivity contribution in [2.75, 3.05) is 7.05 Å². The standard InChI is InChI=1S/C11H13FN4OS/c1-13-6-7-4-3-5-8(12)9(7)18-11-15-14-10(17)16(11)2/h3-5,13H,6H2,1-2H3,(H,14,17). The third-order valence-electron chi connectivity index (χ3n) is 2.45. The molecule has 0 radical (unpaired) electrons. The normalized spacial score (nSPS) is 10.8. The van der Waals surface area contributed by atoms with Crippen molar-refractivity contribution in [1.82, 2.24) is 20.1 Å². The highest BCUT2D eigenvalue weighted by atomic mass is 32.2. The zero-order chi connectivity index (χ0) is 13.1. The Bertz CT molecular complexity index is 607. The molecule has 5 nitrogen and oxygen atoms in total. The molecule has 0 amide bonds. The average molecular weight is 268 g/mol. The fourth-order valence-electron chi connectivity index (χ4n) is 1.51. The summed E-state index contributed by atoms with van der Waals surface area (Å²) in [6.07, 6.45) is 0. The Kier molecular flexibility index (Phi) is 3.83. The van der Waals surface area contributed by atoms with Crippen LogP contribution in [0.5, 0.6) is 0 Å². The zero-order valence-electron chi connectivity index (χ0n) is 10.0. The number of hydrogen-bond acceptors (Lipinski definition) is 4. The van der Waals surface area contributed by atoms with Gasteiger partial charge in [0.2, 0.25) is 0 Å². The van der Waals surface area contributed by atoms with Gasteiger partial charge in [0.25, 0.3) is 0 Å². The highest BCUT2D eigenvalue weighted by molar-refractivity contribution is 7.99. The van der Waals surface area contributed by atoms with Crippen LogP contribution in [0.1, 0.15) is 5.56 Å². The molecule has 1 heterocycles. The summed E-state index contributed by atoms with van der Waals surface area (Å²) in [5.41, 5.74) is 0.516. The minimum atomic E-state index is -0.316. The highest BCUT2D eigenvalue weighted by Gasteiger charge is 2.13. The molecule has 18 heavy (non-hydrogen) atoms. The summed E-state index contributed by atoms with van der Waals surface area (Å²) < 4.78 is 15.2. The first-order valence-electron chi connectivity index (χ1n) is 5.34. The van der Waals surface area contributed by atoms with Gasteiger partial charge in [0, 0.05) is 13.6 Å². The van der Waals surface area contributed by atoms with Gasteiger partial charge in [-0.2, -0.15) is 0 Å². The molecule has 0 saturated heterocycles. The highest BCUT2D eigenvalue weighted by Crippen LogP contribution is 2.30. The van der Waals surface area contributed by atoms with Crippen molar-refractivity contribution in [1.29, 1.82) is 0 Å². The summed E-state index contributed by atoms with van der Waals surface area (Å²) in [6, 6.07) is 4.90. The molecule has 1 aromatic heterocycles. The minimum Gasteiger partial charge on any atom is -0.316 e. The van der Waals surface area contributed by atoms with Gasteiger partial charge in [-0.1, -0.05) is 12.1 Å². The maximum atomic E-state index is 13.8. The number of H-pyrrole nitrogens is 1. The molecule has 0 fully saturated rings. The van der Waals surface area contributed by atoms with Crippen LogP contribution in [-0.2, 0) is 13.6 Å². The van der Waals surface area contributed by atoms with Crippen LogP contribution in [0.15, 0.2) is 33.0 Å². The third kappa shape index (κ3) is 2.46. The van der Waals surface area contributed by atoms with Gasteiger partial charge < -0.3 is 5.32 Å². The van der Waals surface area contributed by atoms with Crippen LogP contribution in [0.25, 0.3) is 0 Å². The number of nitrogens with one attached hydrogen (secondary N) is 2. The molecule has 0 aliphatic carbocycles. The number of aromatic amines is 1. The monoisotopic (exact) mass is 268 g/mol. The smallest absolute Gasteiger partial charge is 0.316 e. The largest absolute Gasteiger partial charge is 0.343 e. The molecule has 1 aromatic carbocycles. The molecular formula is C11H13FN4OS. The van der Waals surface area contributed by atoms with Gasteiger partial charge in [-0.3, -0.25) is 4.57 Å². The van der Waals surface area contributed by atoms with Crippen molar-refractivity contribution in [3.8, 4) is 0 Å². The van der Waals surface area contributed by atoms with Gasteiger partial charge in [0.1, 0.15) is 5.82 Å². The minimum absolute atomic E-state index is 0.316. The molecule has 0 bridgehead atoms. The molecule has 96 valence electrons. The van der Waals surface area contributed by atoms with Crippen molar-refractivity contribution < 1.29 is 4.39 Å². The Balaban J connectivity index is 2.39. The summed E-state index contributed by atoms with van der Waals surface area (Å²) in [6.45, 7) is 0.554. The van der Waals surface area contributed by atoms with E-state index in [9.17, 15) is 9.18 Å². The van der Waals surface area contributed by atoms with E-state index >= 15 is 0 Å². The Hall–Kier alpha value is -1.60. The van der Waals surface area contributed by atoms with E-state index in [0.29, 0.717) is 16.6 Å². The Morgan fingerprint density at radius 3 is 2.94 bits per heavy atom. The molecule has 7 heteroatoms. The lowest BCUT2D eigenvalue weighted by atomic mass is 10.2. The van der Waals surface area contributed by atoms with Crippen molar-refractivity contribution in [2.24, 2.45) is 7.05 Å². The number of benzene rings is 1. The summed E-state index contributed by atoms with van der Waals surface area (Å²) in [7, 11) is 3.39. The van der Waals surface area contributed by atoms with Gasteiger partial charge in [0.05, 0.1) is 4.90 Å². The lowest BCUT2D eigenvalue weighted by Gasteiger charge is -2.08. The van der Waals surface area contributed by atoms with E-state index in [1.807, 2.05) is 6.07 Å². The van der Waals surface area contributed by atoms with Crippen LogP contribution in [0.2, 0.25) is 0 Å². The van der Waals surface area contributed by atoms with Crippen LogP contribution < -0.4 is 11.0 Å². The fraction of sp³-hybridized carbons (Fsp3) is 0.273. The molecule has 0 aliphatic rings. The first-order valence-corrected chi connectivity index (χ1v) is 6.16. The van der Waals surface area contributed by atoms with Gasteiger partial charge in [-0.15, -0.1) is 5.10 Å². The Morgan fingerprint density at radius 1 is 1.56 bits per heavy atom. The van der Waals surface area contributed by atoms with E-state index in [-0.39, 0.29) is 11.5 Å². The first kappa shape index (κ1) is 12.8. The Morgan fingerprint density at radius 2 is 2.33 bits per heavy atom. The van der Waals surface area contributed by atoms with E-state index in [1.54, 1.807) is 20.2 Å². The summed E-state index contributed by atoms with van der Waals surface area (Å²) in [5.74, 6) is -0.316. The second-order valence-corrected chi connectivity index (χ2v) is 4.71. The SMILES string of the molecule is CNCc1cccc(F)c1Sc1n[nH]c(=O)n1C. The molecule has 2 rings (SSSR count). The van der Waals surface area contributed by atoms with Crippen LogP contribution in [0.3, 0.4) is 0 Å². The molecule has 0 spiro atoms. The van der Waals surface area contributed by atoms with Gasteiger partial charge in [-0.05, 0) is 30.4 Å². The second-order valence-electron chi connectivity index (χ2n) is 3.73. The van der Waals surface area contributed by atoms with Gasteiger partial charge in [-0.25, -0.2) is 14.3 Å². The van der Waals surface area contributed by atoms with Crippen LogP contribution in [-0.4, -0.2) is 21.8 Å². The number of aromatic nitrogens is 3. The number of nitrogens with zero attached hydrogens (tertiary/aromatic N) is 2. The average Bonchev–Trinajstić information content (AvgIpc) is 2.65. The molecule has 2 N–H and O–H groups in total. The molecule has 0 unspecified atom stereocenters. The third-order valence-corrected chi connectivity index (χ3v) is 3.66. The van der Waals surface area contributed by atoms with E-state index < -0.39 is 0 Å². The topological polar surface area (TPSA) is 62.7 Å². The number of halogens is 1. The van der Waals surface area contributed by atoms with Crippen molar-refractivity contribution in [3.05, 3.63) is 40.1 Å². The van der Waals surface area contributed by atoms with E-state index in [0.717, 1.165) is 17.3 Å². The zero-order valence-corrected chi connectivity index (χ0v) is 10.8. The van der Waals surface area contributed by atoms with Crippen molar-refractivity contribution in [3.63, 3.8) is 0 Å². The molecule has 0 aliphatic heterocycles. The van der Waals surface area contributed by atoms with E-state index in [1.165, 1.54) is 10.6 Å². The Labute approximate surface area is 107 Å².